The van der Waals surface area contributed by atoms with Crippen LogP contribution < -0.4 is 0 Å². The van der Waals surface area contributed by atoms with Gasteiger partial charge in [0, 0.05) is 26.6 Å². The maximum atomic E-state index is 12.9. The van der Waals surface area contributed by atoms with Crippen LogP contribution in [0.1, 0.15) is 46.0 Å². The van der Waals surface area contributed by atoms with Crippen molar-refractivity contribution in [2.24, 2.45) is 11.3 Å². The monoisotopic (exact) mass is 424 g/mol. The van der Waals surface area contributed by atoms with Crippen LogP contribution in [0.2, 0.25) is 0 Å². The standard InChI is InChI=1S/C26H36N2O3/c1-18-8-7-14-28(17-18)25(31)26-13-12-23(30)27(3)24(26)21(11-4-5-15-29)22-16-20(26)10-6-9-19(22)2/h4-6,9-10,16,18,24-25,29,31H,7-8,11-15,17H2,1-3H3/b5-4-. The molecule has 2 fully saturated rings. The summed E-state index contributed by atoms with van der Waals surface area (Å²) in [7, 11) is 1.89. The molecule has 0 radical (unpaired) electrons. The smallest absolute Gasteiger partial charge is 0.222 e. The minimum Gasteiger partial charge on any atom is -0.392 e. The number of likely N-dealkylation sites (N-methyl/N-ethyl adjacent to an activating group) is 1. The molecule has 2 heterocycles. The summed E-state index contributed by atoms with van der Waals surface area (Å²) < 4.78 is 0. The highest BCUT2D eigenvalue weighted by Gasteiger charge is 2.57. The summed E-state index contributed by atoms with van der Waals surface area (Å²) in [6, 6.07) is -0.203. The number of piperidine rings is 2. The van der Waals surface area contributed by atoms with Crippen molar-refractivity contribution in [1.82, 2.24) is 9.80 Å². The van der Waals surface area contributed by atoms with Crippen molar-refractivity contribution in [2.45, 2.75) is 58.2 Å². The number of allylic oxidation sites excluding steroid dienone is 7. The summed E-state index contributed by atoms with van der Waals surface area (Å²) in [4.78, 5) is 17.0. The molecular weight excluding hydrogens is 388 g/mol. The van der Waals surface area contributed by atoms with Gasteiger partial charge in [-0.3, -0.25) is 9.69 Å². The van der Waals surface area contributed by atoms with Gasteiger partial charge in [-0.1, -0.05) is 43.4 Å². The lowest BCUT2D eigenvalue weighted by atomic mass is 9.59. The molecule has 0 aromatic heterocycles. The van der Waals surface area contributed by atoms with E-state index in [-0.39, 0.29) is 18.6 Å². The van der Waals surface area contributed by atoms with E-state index in [1.54, 1.807) is 6.08 Å². The van der Waals surface area contributed by atoms with Gasteiger partial charge in [0.15, 0.2) is 0 Å². The molecule has 168 valence electrons. The molecule has 0 aromatic carbocycles. The number of amides is 1. The van der Waals surface area contributed by atoms with E-state index < -0.39 is 11.6 Å². The third kappa shape index (κ3) is 3.77. The Morgan fingerprint density at radius 2 is 2.16 bits per heavy atom. The first kappa shape index (κ1) is 22.3. The molecule has 2 saturated heterocycles. The fourth-order valence-corrected chi connectivity index (χ4v) is 6.15. The Hall–Kier alpha value is -1.95. The van der Waals surface area contributed by atoms with Gasteiger partial charge in [-0.15, -0.1) is 0 Å². The average molecular weight is 425 g/mol. The van der Waals surface area contributed by atoms with Crippen molar-refractivity contribution in [2.75, 3.05) is 26.7 Å². The Morgan fingerprint density at radius 1 is 1.35 bits per heavy atom. The van der Waals surface area contributed by atoms with E-state index in [0.29, 0.717) is 25.2 Å². The molecular formula is C26H36N2O3. The van der Waals surface area contributed by atoms with Crippen LogP contribution in [0.15, 0.2) is 58.7 Å². The molecule has 0 spiro atoms. The molecule has 31 heavy (non-hydrogen) atoms. The van der Waals surface area contributed by atoms with Crippen LogP contribution in [0.3, 0.4) is 0 Å². The van der Waals surface area contributed by atoms with Gasteiger partial charge >= 0.3 is 0 Å². The Kier molecular flexibility index (Phi) is 6.38. The molecule has 4 aliphatic rings. The van der Waals surface area contributed by atoms with Crippen LogP contribution in [0.4, 0.5) is 0 Å². The number of rotatable bonds is 5. The zero-order chi connectivity index (χ0) is 22.2. The van der Waals surface area contributed by atoms with Crippen LogP contribution in [-0.4, -0.2) is 64.9 Å². The zero-order valence-corrected chi connectivity index (χ0v) is 19.1. The number of nitrogens with zero attached hydrogens (tertiary/aromatic N) is 2. The Balaban J connectivity index is 1.86. The van der Waals surface area contributed by atoms with Gasteiger partial charge in [-0.2, -0.15) is 0 Å². The highest BCUT2D eigenvalue weighted by Crippen LogP contribution is 2.54. The second-order valence-electron chi connectivity index (χ2n) is 9.67. The van der Waals surface area contributed by atoms with Crippen LogP contribution in [0, 0.1) is 11.3 Å². The molecule has 4 unspecified atom stereocenters. The first-order valence-corrected chi connectivity index (χ1v) is 11.6. The molecule has 2 N–H and O–H groups in total. The fraction of sp³-hybridized carbons (Fsp3) is 0.577. The molecule has 1 amide bonds. The van der Waals surface area contributed by atoms with Crippen LogP contribution >= 0.6 is 0 Å². The fourth-order valence-electron chi connectivity index (χ4n) is 6.15. The van der Waals surface area contributed by atoms with Crippen molar-refractivity contribution in [3.05, 3.63) is 58.7 Å². The predicted molar refractivity (Wildman–Crippen MR) is 123 cm³/mol. The van der Waals surface area contributed by atoms with Crippen molar-refractivity contribution >= 4 is 5.91 Å². The van der Waals surface area contributed by atoms with Crippen molar-refractivity contribution in [3.63, 3.8) is 0 Å². The van der Waals surface area contributed by atoms with E-state index in [0.717, 1.165) is 36.2 Å². The third-order valence-corrected chi connectivity index (χ3v) is 7.69. The quantitative estimate of drug-likeness (QED) is 0.665. The summed E-state index contributed by atoms with van der Waals surface area (Å²) in [5.74, 6) is 0.694. The number of hydrogen-bond acceptors (Lipinski definition) is 4. The summed E-state index contributed by atoms with van der Waals surface area (Å²) in [6.07, 6.45) is 15.7. The van der Waals surface area contributed by atoms with E-state index in [2.05, 4.69) is 43.1 Å². The van der Waals surface area contributed by atoms with E-state index in [4.69, 9.17) is 0 Å². The Bertz CT molecular complexity index is 881. The lowest BCUT2D eigenvalue weighted by molar-refractivity contribution is -0.155. The first-order valence-electron chi connectivity index (χ1n) is 11.6. The first-order chi connectivity index (χ1) is 14.9. The number of aliphatic hydroxyl groups excluding tert-OH is 2. The molecule has 2 bridgehead atoms. The summed E-state index contributed by atoms with van der Waals surface area (Å²) in [5, 5.41) is 21.3. The molecule has 5 nitrogen and oxygen atoms in total. The SMILES string of the molecule is CC1=CC=CC2=CC1=C(C/C=C\CO)C1N(C)C(=O)CCC21C(O)N1CCCC(C)C1. The Morgan fingerprint density at radius 3 is 2.90 bits per heavy atom. The summed E-state index contributed by atoms with van der Waals surface area (Å²) in [6.45, 7) is 6.14. The third-order valence-electron chi connectivity index (χ3n) is 7.69. The minimum atomic E-state index is -0.650. The molecule has 4 atom stereocenters. The van der Waals surface area contributed by atoms with Crippen LogP contribution in [0.5, 0.6) is 0 Å². The van der Waals surface area contributed by atoms with Crippen molar-refractivity contribution in [1.29, 1.82) is 0 Å². The Labute approximate surface area is 186 Å². The molecule has 2 aliphatic heterocycles. The lowest BCUT2D eigenvalue weighted by Crippen LogP contribution is -2.64. The van der Waals surface area contributed by atoms with Gasteiger partial charge < -0.3 is 15.1 Å². The molecule has 5 heteroatoms. The van der Waals surface area contributed by atoms with Crippen molar-refractivity contribution in [3.8, 4) is 0 Å². The molecule has 2 aliphatic carbocycles. The highest BCUT2D eigenvalue weighted by molar-refractivity contribution is 5.79. The number of carbonyl (C=O) groups is 1. The van der Waals surface area contributed by atoms with Gasteiger partial charge in [-0.25, -0.2) is 0 Å². The maximum absolute atomic E-state index is 12.9. The summed E-state index contributed by atoms with van der Waals surface area (Å²) >= 11 is 0. The van der Waals surface area contributed by atoms with Crippen LogP contribution in [0.25, 0.3) is 0 Å². The number of carbonyl (C=O) groups excluding carboxylic acids is 1. The number of likely N-dealkylation sites (tertiary alicyclic amines) is 2. The van der Waals surface area contributed by atoms with Gasteiger partial charge in [0.2, 0.25) is 5.91 Å². The number of hydrogen-bond donors (Lipinski definition) is 2. The van der Waals surface area contributed by atoms with Gasteiger partial charge in [0.05, 0.1) is 18.1 Å². The molecule has 0 aromatic rings. The van der Waals surface area contributed by atoms with E-state index in [9.17, 15) is 15.0 Å². The van der Waals surface area contributed by atoms with Crippen LogP contribution in [-0.2, 0) is 4.79 Å². The molecule has 4 rings (SSSR count). The highest BCUT2D eigenvalue weighted by atomic mass is 16.3. The second-order valence-corrected chi connectivity index (χ2v) is 9.67. The summed E-state index contributed by atoms with van der Waals surface area (Å²) in [5.41, 5.74) is 4.05. The molecule has 0 saturated carbocycles. The minimum absolute atomic E-state index is 0.00104. The largest absolute Gasteiger partial charge is 0.392 e. The second kappa shape index (κ2) is 8.89. The van der Waals surface area contributed by atoms with E-state index >= 15 is 0 Å². The predicted octanol–water partition coefficient (Wildman–Crippen LogP) is 3.34. The zero-order valence-electron chi connectivity index (χ0n) is 19.1. The van der Waals surface area contributed by atoms with E-state index in [1.165, 1.54) is 12.0 Å². The average Bonchev–Trinajstić information content (AvgIpc) is 2.93. The normalized spacial score (nSPS) is 32.7. The number of aliphatic hydroxyl groups is 2. The van der Waals surface area contributed by atoms with E-state index in [1.807, 2.05) is 18.0 Å². The van der Waals surface area contributed by atoms with Gasteiger partial charge in [0.1, 0.15) is 6.23 Å². The maximum Gasteiger partial charge on any atom is 0.222 e. The van der Waals surface area contributed by atoms with Gasteiger partial charge in [0.25, 0.3) is 0 Å². The van der Waals surface area contributed by atoms with Crippen molar-refractivity contribution < 1.29 is 15.0 Å². The number of fused-ring (bicyclic) bond motifs is 3. The van der Waals surface area contributed by atoms with Gasteiger partial charge in [-0.05, 0) is 60.8 Å². The topological polar surface area (TPSA) is 64.0 Å². The lowest BCUT2D eigenvalue weighted by Gasteiger charge is -2.57.